The lowest BCUT2D eigenvalue weighted by atomic mass is 9.92. The van der Waals surface area contributed by atoms with Crippen LogP contribution in [0.2, 0.25) is 0 Å². The minimum absolute atomic E-state index is 0. The zero-order valence-corrected chi connectivity index (χ0v) is 32.5. The minimum atomic E-state index is -0.432. The zero-order chi connectivity index (χ0) is 36.2. The smallest absolute Gasteiger partial charge is 0.133 e. The molecule has 0 aliphatic carbocycles. The molecule has 284 valence electrons. The number of ether oxygens (including phenoxy) is 1. The average molecular weight is 689 g/mol. The van der Waals surface area contributed by atoms with Gasteiger partial charge in [-0.3, -0.25) is 0 Å². The molecule has 0 aliphatic rings. The molecule has 8 atom stereocenters. The largest absolute Gasteiger partial charge is 0.456 e. The van der Waals surface area contributed by atoms with Gasteiger partial charge in [-0.15, -0.1) is 0 Å². The summed E-state index contributed by atoms with van der Waals surface area (Å²) in [7, 11) is 0. The van der Waals surface area contributed by atoms with E-state index in [1.807, 2.05) is 27.7 Å². The maximum absolute atomic E-state index is 10.3. The number of nitrogens with zero attached hydrogens (tertiary/aromatic N) is 2. The van der Waals surface area contributed by atoms with E-state index >= 15 is 0 Å². The first-order valence-corrected chi connectivity index (χ1v) is 17.8. The molecule has 0 saturated heterocycles. The zero-order valence-electron chi connectivity index (χ0n) is 32.5. The van der Waals surface area contributed by atoms with Crippen LogP contribution in [0, 0.1) is 55.4 Å². The van der Waals surface area contributed by atoms with Gasteiger partial charge in [-0.1, -0.05) is 14.9 Å². The second-order valence-corrected chi connectivity index (χ2v) is 15.0. The predicted octanol–water partition coefficient (Wildman–Crippen LogP) is 9.47. The molecule has 2 aromatic carbocycles. The van der Waals surface area contributed by atoms with Gasteiger partial charge in [0.15, 0.2) is 0 Å². The Labute approximate surface area is 301 Å². The molecule has 4 N–H and O–H groups in total. The van der Waals surface area contributed by atoms with Crippen molar-refractivity contribution in [3.63, 3.8) is 0 Å². The Hall–Kier alpha value is -2.32. The summed E-state index contributed by atoms with van der Waals surface area (Å²) in [4.78, 5) is 4.79. The molecule has 0 amide bonds. The topological polar surface area (TPSA) is 96.6 Å². The number of aliphatic hydroxyl groups is 4. The van der Waals surface area contributed by atoms with Crippen molar-refractivity contribution >= 4 is 11.4 Å². The van der Waals surface area contributed by atoms with Crippen molar-refractivity contribution in [1.82, 2.24) is 0 Å². The number of rotatable bonds is 16. The van der Waals surface area contributed by atoms with E-state index in [0.29, 0.717) is 25.7 Å². The van der Waals surface area contributed by atoms with Gasteiger partial charge in [0, 0.05) is 35.5 Å². The van der Waals surface area contributed by atoms with Crippen LogP contribution in [-0.4, -0.2) is 69.0 Å². The summed E-state index contributed by atoms with van der Waals surface area (Å²) >= 11 is 0. The number of hydrogen-bond acceptors (Lipinski definition) is 7. The van der Waals surface area contributed by atoms with Crippen LogP contribution in [0.4, 0.5) is 11.4 Å². The highest BCUT2D eigenvalue weighted by Crippen LogP contribution is 2.46. The third-order valence-corrected chi connectivity index (χ3v) is 10.4. The van der Waals surface area contributed by atoms with Crippen molar-refractivity contribution in [1.29, 1.82) is 0 Å². The Balaban J connectivity index is 0.0000115. The van der Waals surface area contributed by atoms with Crippen molar-refractivity contribution in [2.24, 2.45) is 0 Å². The minimum Gasteiger partial charge on any atom is -0.456 e. The van der Waals surface area contributed by atoms with Crippen molar-refractivity contribution in [3.8, 4) is 11.5 Å². The summed E-state index contributed by atoms with van der Waals surface area (Å²) in [5.74, 6) is 1.74. The molecular formula is C42H76N2O5. The molecule has 0 spiro atoms. The molecule has 0 bridgehead atoms. The molecular weight excluding hydrogens is 612 g/mol. The monoisotopic (exact) mass is 689 g/mol. The molecule has 2 aromatic rings. The fraction of sp³-hybridized carbons (Fsp3) is 0.714. The fourth-order valence-electron chi connectivity index (χ4n) is 7.88. The number of aliphatic hydroxyl groups excluding tert-OH is 4. The third kappa shape index (κ3) is 10.8. The molecule has 7 heteroatoms. The first-order chi connectivity index (χ1) is 21.6. The highest BCUT2D eigenvalue weighted by atomic mass is 16.5. The van der Waals surface area contributed by atoms with Crippen LogP contribution in [-0.2, 0) is 0 Å². The van der Waals surface area contributed by atoms with Gasteiger partial charge in [-0.05, 0) is 181 Å². The standard InChI is InChI=1S/C40H68N2O5.2CH4/c1-21(17-25(5)43)41(22(2)18-26(6)44)37-29(9)33(13)39(34(14)30(37)10)47-40-35(15)31(11)38(32(12)36(40)16)42(23(3)19-27(7)45)24(4)20-28(8)46;;/h21-28,43-46H,17-20H2,1-16H3;2*1H4. The van der Waals surface area contributed by atoms with E-state index in [0.717, 1.165) is 67.4 Å². The molecule has 8 unspecified atom stereocenters. The molecule has 7 nitrogen and oxygen atoms in total. The molecule has 2 rings (SSSR count). The van der Waals surface area contributed by atoms with E-state index in [-0.39, 0.29) is 39.0 Å². The first-order valence-electron chi connectivity index (χ1n) is 17.8. The van der Waals surface area contributed by atoms with Gasteiger partial charge in [-0.25, -0.2) is 0 Å². The third-order valence-electron chi connectivity index (χ3n) is 10.4. The Morgan fingerprint density at radius 3 is 0.735 bits per heavy atom. The molecule has 0 radical (unpaired) electrons. The predicted molar refractivity (Wildman–Crippen MR) is 212 cm³/mol. The highest BCUT2D eigenvalue weighted by Gasteiger charge is 2.31. The Kier molecular flexibility index (Phi) is 18.4. The summed E-state index contributed by atoms with van der Waals surface area (Å²) < 4.78 is 7.00. The molecule has 0 aliphatic heterocycles. The van der Waals surface area contributed by atoms with Gasteiger partial charge in [-0.2, -0.15) is 0 Å². The highest BCUT2D eigenvalue weighted by molar-refractivity contribution is 5.72. The normalized spacial score (nSPS) is 16.3. The van der Waals surface area contributed by atoms with Crippen LogP contribution in [0.5, 0.6) is 11.5 Å². The Morgan fingerprint density at radius 1 is 0.388 bits per heavy atom. The maximum Gasteiger partial charge on any atom is 0.133 e. The Morgan fingerprint density at radius 2 is 0.571 bits per heavy atom. The molecule has 0 saturated carbocycles. The van der Waals surface area contributed by atoms with Crippen LogP contribution in [0.25, 0.3) is 0 Å². The fourth-order valence-corrected chi connectivity index (χ4v) is 7.88. The van der Waals surface area contributed by atoms with E-state index in [1.165, 1.54) is 0 Å². The summed E-state index contributed by atoms with van der Waals surface area (Å²) in [5.41, 5.74) is 11.2. The summed E-state index contributed by atoms with van der Waals surface area (Å²) in [6.45, 7) is 33.1. The summed E-state index contributed by atoms with van der Waals surface area (Å²) in [5, 5.41) is 41.2. The van der Waals surface area contributed by atoms with Crippen molar-refractivity contribution in [3.05, 3.63) is 44.5 Å². The molecule has 0 aromatic heterocycles. The molecule has 0 heterocycles. The second-order valence-electron chi connectivity index (χ2n) is 15.0. The maximum atomic E-state index is 10.3. The van der Waals surface area contributed by atoms with Crippen LogP contribution in [0.1, 0.15) is 140 Å². The van der Waals surface area contributed by atoms with Crippen LogP contribution < -0.4 is 14.5 Å². The summed E-state index contributed by atoms with van der Waals surface area (Å²) in [6, 6.07) is 0.294. The van der Waals surface area contributed by atoms with Gasteiger partial charge in [0.05, 0.1) is 24.4 Å². The van der Waals surface area contributed by atoms with E-state index in [4.69, 9.17) is 4.74 Å². The van der Waals surface area contributed by atoms with Crippen molar-refractivity contribution in [2.45, 2.75) is 200 Å². The lowest BCUT2D eigenvalue weighted by Crippen LogP contribution is -2.44. The van der Waals surface area contributed by atoms with Crippen LogP contribution in [0.15, 0.2) is 0 Å². The van der Waals surface area contributed by atoms with E-state index in [2.05, 4.69) is 92.9 Å². The van der Waals surface area contributed by atoms with Gasteiger partial charge < -0.3 is 35.0 Å². The van der Waals surface area contributed by atoms with E-state index in [1.54, 1.807) is 0 Å². The number of anilines is 2. The van der Waals surface area contributed by atoms with Crippen molar-refractivity contribution < 1.29 is 25.2 Å². The lowest BCUT2D eigenvalue weighted by Gasteiger charge is -2.41. The molecule has 49 heavy (non-hydrogen) atoms. The van der Waals surface area contributed by atoms with Gasteiger partial charge in [0.25, 0.3) is 0 Å². The van der Waals surface area contributed by atoms with Gasteiger partial charge in [0.2, 0.25) is 0 Å². The average Bonchev–Trinajstić information content (AvgIpc) is 2.93. The number of benzene rings is 2. The quantitative estimate of drug-likeness (QED) is 0.140. The van der Waals surface area contributed by atoms with Crippen LogP contribution in [0.3, 0.4) is 0 Å². The Bertz CT molecular complexity index is 1160. The van der Waals surface area contributed by atoms with Crippen molar-refractivity contribution in [2.75, 3.05) is 9.80 Å². The summed E-state index contributed by atoms with van der Waals surface area (Å²) in [6.07, 6.45) is 0.792. The number of hydrogen-bond donors (Lipinski definition) is 4. The lowest BCUT2D eigenvalue weighted by molar-refractivity contribution is 0.161. The SMILES string of the molecule is C.C.Cc1c(C)c(N(C(C)CC(C)O)C(C)CC(C)O)c(C)c(C)c1Oc1c(C)c(C)c(N(C(C)CC(C)O)C(C)CC(C)O)c(C)c1C. The van der Waals surface area contributed by atoms with Crippen LogP contribution >= 0.6 is 0 Å². The van der Waals surface area contributed by atoms with Gasteiger partial charge >= 0.3 is 0 Å². The second kappa shape index (κ2) is 19.3. The van der Waals surface area contributed by atoms with E-state index in [9.17, 15) is 20.4 Å². The van der Waals surface area contributed by atoms with E-state index < -0.39 is 24.4 Å². The first kappa shape index (κ1) is 46.7. The molecule has 0 fully saturated rings. The van der Waals surface area contributed by atoms with Gasteiger partial charge in [0.1, 0.15) is 11.5 Å².